The minimum absolute atomic E-state index is 0.150. The lowest BCUT2D eigenvalue weighted by Gasteiger charge is -2.16. The molecule has 0 atom stereocenters. The number of phenols is 1. The fourth-order valence-corrected chi connectivity index (χ4v) is 4.59. The summed E-state index contributed by atoms with van der Waals surface area (Å²) in [7, 11) is 0. The number of carbonyl (C=O) groups excluding carboxylic acids is 1. The maximum Gasteiger partial charge on any atom is 0.252 e. The number of phenolic OH excluding ortho intramolecular Hbond substituents is 1. The zero-order valence-electron chi connectivity index (χ0n) is 14.1. The molecule has 0 bridgehead atoms. The fourth-order valence-electron chi connectivity index (χ4n) is 2.70. The van der Waals surface area contributed by atoms with Gasteiger partial charge in [-0.1, -0.05) is 60.7 Å². The summed E-state index contributed by atoms with van der Waals surface area (Å²) in [6.07, 6.45) is 1.46. The van der Waals surface area contributed by atoms with Crippen LogP contribution in [0.4, 0.5) is 0 Å². The highest BCUT2D eigenvalue weighted by atomic mass is 127. The topological polar surface area (TPSA) is 61.7 Å². The van der Waals surface area contributed by atoms with Crippen molar-refractivity contribution in [3.63, 3.8) is 0 Å². The Labute approximate surface area is 185 Å². The van der Waals surface area contributed by atoms with Crippen LogP contribution in [-0.4, -0.2) is 17.2 Å². The largest absolute Gasteiger partial charge is 0.506 e. The molecule has 4 nitrogen and oxygen atoms in total. The number of amides is 1. The van der Waals surface area contributed by atoms with Gasteiger partial charge >= 0.3 is 0 Å². The molecule has 0 radical (unpaired) electrons. The van der Waals surface area contributed by atoms with Gasteiger partial charge < -0.3 is 5.11 Å². The monoisotopic (exact) mass is 582 g/mol. The molecular formula is C21H16I2N2O2. The molecule has 3 rings (SSSR count). The summed E-state index contributed by atoms with van der Waals surface area (Å²) in [4.78, 5) is 12.9. The van der Waals surface area contributed by atoms with Gasteiger partial charge in [-0.05, 0) is 68.4 Å². The lowest BCUT2D eigenvalue weighted by molar-refractivity contribution is -0.121. The summed E-state index contributed by atoms with van der Waals surface area (Å²) < 4.78 is 1.72. The van der Waals surface area contributed by atoms with E-state index in [-0.39, 0.29) is 11.7 Å². The molecule has 0 aliphatic rings. The van der Waals surface area contributed by atoms with Crippen molar-refractivity contribution in [1.29, 1.82) is 0 Å². The fraction of sp³-hybridized carbons (Fsp3) is 0.0476. The summed E-state index contributed by atoms with van der Waals surface area (Å²) in [5.41, 5.74) is 4.95. The number of aromatic hydroxyl groups is 1. The second-order valence-electron chi connectivity index (χ2n) is 5.81. The van der Waals surface area contributed by atoms with Gasteiger partial charge in [-0.3, -0.25) is 4.79 Å². The highest BCUT2D eigenvalue weighted by molar-refractivity contribution is 14.1. The van der Waals surface area contributed by atoms with Gasteiger partial charge in [0.15, 0.2) is 0 Å². The molecule has 0 spiro atoms. The van der Waals surface area contributed by atoms with Gasteiger partial charge in [-0.2, -0.15) is 5.10 Å². The first-order valence-corrected chi connectivity index (χ1v) is 10.3. The molecule has 0 saturated carbocycles. The molecule has 3 aromatic carbocycles. The normalized spacial score (nSPS) is 11.1. The van der Waals surface area contributed by atoms with Crippen LogP contribution in [0.5, 0.6) is 5.75 Å². The van der Waals surface area contributed by atoms with Gasteiger partial charge in [0.2, 0.25) is 0 Å². The molecule has 2 N–H and O–H groups in total. The highest BCUT2D eigenvalue weighted by Crippen LogP contribution is 2.26. The smallest absolute Gasteiger partial charge is 0.252 e. The number of rotatable bonds is 5. The lowest BCUT2D eigenvalue weighted by atomic mass is 9.91. The van der Waals surface area contributed by atoms with E-state index in [2.05, 4.69) is 55.7 Å². The number of hydrogen-bond donors (Lipinski definition) is 2. The predicted octanol–water partition coefficient (Wildman–Crippen LogP) is 4.88. The Morgan fingerprint density at radius 1 is 0.963 bits per heavy atom. The first kappa shape index (κ1) is 19.8. The van der Waals surface area contributed by atoms with Gasteiger partial charge in [0.05, 0.1) is 15.7 Å². The number of hydrogen-bond acceptors (Lipinski definition) is 3. The molecule has 136 valence electrons. The van der Waals surface area contributed by atoms with Crippen molar-refractivity contribution in [2.75, 3.05) is 0 Å². The van der Waals surface area contributed by atoms with Crippen LogP contribution in [0.2, 0.25) is 0 Å². The van der Waals surface area contributed by atoms with Crippen molar-refractivity contribution in [3.05, 3.63) is 96.6 Å². The third-order valence-corrected chi connectivity index (χ3v) is 5.41. The second kappa shape index (κ2) is 9.32. The average molecular weight is 582 g/mol. The van der Waals surface area contributed by atoms with Gasteiger partial charge in [-0.25, -0.2) is 5.43 Å². The Bertz CT molecular complexity index is 921. The second-order valence-corrected chi connectivity index (χ2v) is 8.22. The van der Waals surface area contributed by atoms with Crippen molar-refractivity contribution in [1.82, 2.24) is 5.43 Å². The molecule has 0 fully saturated rings. The molecule has 3 aromatic rings. The first-order valence-electron chi connectivity index (χ1n) is 8.17. The lowest BCUT2D eigenvalue weighted by Crippen LogP contribution is -2.26. The standard InChI is InChI=1S/C21H16I2N2O2/c22-17-11-16(20(26)18(23)12-17)13-24-25-21(27)19(14-7-3-1-4-8-14)15-9-5-2-6-10-15/h1-13,19,26H,(H,25,27)/b24-13+. The van der Waals surface area contributed by atoms with Gasteiger partial charge in [0.1, 0.15) is 5.75 Å². The quantitative estimate of drug-likeness (QED) is 0.256. The molecule has 0 aromatic heterocycles. The molecule has 0 aliphatic carbocycles. The van der Waals surface area contributed by atoms with Crippen LogP contribution in [0.25, 0.3) is 0 Å². The van der Waals surface area contributed by atoms with E-state index in [0.29, 0.717) is 5.56 Å². The highest BCUT2D eigenvalue weighted by Gasteiger charge is 2.22. The van der Waals surface area contributed by atoms with Gasteiger partial charge in [-0.15, -0.1) is 0 Å². The molecule has 6 heteroatoms. The Hall–Kier alpha value is -1.94. The third-order valence-electron chi connectivity index (χ3n) is 3.96. The number of hydrazone groups is 1. The third kappa shape index (κ3) is 5.07. The van der Waals surface area contributed by atoms with E-state index in [1.54, 1.807) is 6.07 Å². The van der Waals surface area contributed by atoms with E-state index >= 15 is 0 Å². The van der Waals surface area contributed by atoms with Crippen molar-refractivity contribution >= 4 is 57.3 Å². The molecule has 27 heavy (non-hydrogen) atoms. The van der Waals surface area contributed by atoms with Crippen LogP contribution in [0, 0.1) is 7.14 Å². The van der Waals surface area contributed by atoms with Crippen LogP contribution in [0.15, 0.2) is 77.9 Å². The van der Waals surface area contributed by atoms with E-state index in [1.165, 1.54) is 6.21 Å². The van der Waals surface area contributed by atoms with Crippen molar-refractivity contribution in [2.45, 2.75) is 5.92 Å². The summed E-state index contributed by atoms with van der Waals surface area (Å²) >= 11 is 4.24. The van der Waals surface area contributed by atoms with Crippen molar-refractivity contribution < 1.29 is 9.90 Å². The predicted molar refractivity (Wildman–Crippen MR) is 124 cm³/mol. The van der Waals surface area contributed by atoms with Crippen LogP contribution in [-0.2, 0) is 4.79 Å². The van der Waals surface area contributed by atoms with Crippen molar-refractivity contribution in [2.24, 2.45) is 5.10 Å². The van der Waals surface area contributed by atoms with E-state index < -0.39 is 5.92 Å². The minimum atomic E-state index is -0.464. The summed E-state index contributed by atoms with van der Waals surface area (Å²) in [5.74, 6) is -0.547. The minimum Gasteiger partial charge on any atom is -0.506 e. The zero-order valence-corrected chi connectivity index (χ0v) is 18.5. The average Bonchev–Trinajstić information content (AvgIpc) is 2.67. The number of benzene rings is 3. The Kier molecular flexibility index (Phi) is 6.84. The molecule has 0 aliphatic heterocycles. The van der Waals surface area contributed by atoms with Gasteiger partial charge in [0, 0.05) is 9.13 Å². The van der Waals surface area contributed by atoms with E-state index in [9.17, 15) is 9.90 Å². The van der Waals surface area contributed by atoms with Crippen molar-refractivity contribution in [3.8, 4) is 5.75 Å². The Balaban J connectivity index is 1.84. The number of carbonyl (C=O) groups is 1. The molecule has 0 unspecified atom stereocenters. The SMILES string of the molecule is O=C(N/N=C/c1cc(I)cc(I)c1O)C(c1ccccc1)c1ccccc1. The number of nitrogens with zero attached hydrogens (tertiary/aromatic N) is 1. The number of nitrogens with one attached hydrogen (secondary N) is 1. The van der Waals surface area contributed by atoms with E-state index in [0.717, 1.165) is 18.3 Å². The summed E-state index contributed by atoms with van der Waals surface area (Å²) in [6, 6.07) is 22.9. The Morgan fingerprint density at radius 2 is 1.52 bits per heavy atom. The van der Waals surface area contributed by atoms with Crippen LogP contribution < -0.4 is 5.43 Å². The molecule has 0 heterocycles. The first-order chi connectivity index (χ1) is 13.1. The summed E-state index contributed by atoms with van der Waals surface area (Å²) in [6.45, 7) is 0. The maximum absolute atomic E-state index is 12.9. The molecule has 0 saturated heterocycles. The van der Waals surface area contributed by atoms with Gasteiger partial charge in [0.25, 0.3) is 5.91 Å². The maximum atomic E-state index is 12.9. The Morgan fingerprint density at radius 3 is 2.07 bits per heavy atom. The van der Waals surface area contributed by atoms with Crippen LogP contribution in [0.3, 0.4) is 0 Å². The van der Waals surface area contributed by atoms with Crippen LogP contribution in [0.1, 0.15) is 22.6 Å². The molecular weight excluding hydrogens is 566 g/mol. The summed E-state index contributed by atoms with van der Waals surface area (Å²) in [5, 5.41) is 14.2. The zero-order chi connectivity index (χ0) is 19.2. The van der Waals surface area contributed by atoms with E-state index in [1.807, 2.05) is 66.7 Å². The van der Waals surface area contributed by atoms with Crippen LogP contribution >= 0.6 is 45.2 Å². The molecule has 1 amide bonds. The van der Waals surface area contributed by atoms with E-state index in [4.69, 9.17) is 0 Å². The number of halogens is 2.